The van der Waals surface area contributed by atoms with Crippen molar-refractivity contribution in [1.82, 2.24) is 9.13 Å². The highest BCUT2D eigenvalue weighted by atomic mass is 15.1. The maximum atomic E-state index is 2.39. The second-order valence-corrected chi connectivity index (χ2v) is 18.6. The summed E-state index contributed by atoms with van der Waals surface area (Å²) in [6.07, 6.45) is 4.39. The standard InChI is InChI=1S/C66H52N4/c1-45-15-37-63-59(41-45)60-42-46(2)16-38-64(60)69(63)57-33-29-55(30-34-57)67(51-11-7-5-8-12-51)53-25-21-49(22-26-53)19-20-50-23-27-54(28-24-50)68(52-13-9-6-10-14-52)56-31-35-58(36-32-56)70-65-39-17-47(3)43-61(65)62-44-48(4)18-40-66(62)70/h5-44H,1-4H3. The number of para-hydroxylation sites is 2. The number of fused-ring (bicyclic) bond motifs is 6. The second kappa shape index (κ2) is 17.7. The lowest BCUT2D eigenvalue weighted by molar-refractivity contribution is 1.17. The molecule has 12 aromatic rings. The first-order valence-corrected chi connectivity index (χ1v) is 24.2. The van der Waals surface area contributed by atoms with Crippen LogP contribution in [0.1, 0.15) is 33.4 Å². The van der Waals surface area contributed by atoms with Crippen LogP contribution in [-0.2, 0) is 0 Å². The fraction of sp³-hybridized carbons (Fsp3) is 0.0606. The minimum Gasteiger partial charge on any atom is -0.311 e. The van der Waals surface area contributed by atoms with Crippen molar-refractivity contribution >= 4 is 89.9 Å². The Bertz CT molecular complexity index is 3500. The van der Waals surface area contributed by atoms with Gasteiger partial charge in [0.25, 0.3) is 0 Å². The summed E-state index contributed by atoms with van der Waals surface area (Å²) < 4.78 is 4.78. The van der Waals surface area contributed by atoms with E-state index in [0.29, 0.717) is 0 Å². The molecule has 0 aliphatic carbocycles. The molecule has 10 aromatic carbocycles. The van der Waals surface area contributed by atoms with Gasteiger partial charge in [-0.15, -0.1) is 0 Å². The van der Waals surface area contributed by atoms with Crippen LogP contribution in [-0.4, -0.2) is 9.13 Å². The van der Waals surface area contributed by atoms with E-state index in [0.717, 1.165) is 56.6 Å². The molecule has 0 fully saturated rings. The first kappa shape index (κ1) is 42.5. The first-order valence-electron chi connectivity index (χ1n) is 24.2. The fourth-order valence-corrected chi connectivity index (χ4v) is 10.3. The Hall–Kier alpha value is -8.86. The van der Waals surface area contributed by atoms with E-state index in [-0.39, 0.29) is 0 Å². The van der Waals surface area contributed by atoms with Crippen LogP contribution >= 0.6 is 0 Å². The zero-order valence-electron chi connectivity index (χ0n) is 39.9. The van der Waals surface area contributed by atoms with Crippen molar-refractivity contribution in [2.75, 3.05) is 9.80 Å². The van der Waals surface area contributed by atoms with Gasteiger partial charge in [-0.3, -0.25) is 0 Å². The number of aromatic nitrogens is 2. The highest BCUT2D eigenvalue weighted by molar-refractivity contribution is 6.11. The number of anilines is 6. The molecule has 0 atom stereocenters. The summed E-state index contributed by atoms with van der Waals surface area (Å²) in [5.74, 6) is 0. The van der Waals surface area contributed by atoms with Crippen LogP contribution in [0.5, 0.6) is 0 Å². The average molecular weight is 901 g/mol. The van der Waals surface area contributed by atoms with Gasteiger partial charge in [0, 0.05) is 67.0 Å². The predicted molar refractivity (Wildman–Crippen MR) is 299 cm³/mol. The highest BCUT2D eigenvalue weighted by Crippen LogP contribution is 2.40. The van der Waals surface area contributed by atoms with Gasteiger partial charge in [0.05, 0.1) is 22.1 Å². The Kier molecular flexibility index (Phi) is 10.7. The number of hydrogen-bond donors (Lipinski definition) is 0. The predicted octanol–water partition coefficient (Wildman–Crippen LogP) is 18.2. The number of hydrogen-bond acceptors (Lipinski definition) is 2. The van der Waals surface area contributed by atoms with Crippen LogP contribution in [0.3, 0.4) is 0 Å². The quantitative estimate of drug-likeness (QED) is 0.127. The molecule has 0 radical (unpaired) electrons. The van der Waals surface area contributed by atoms with Gasteiger partial charge in [-0.2, -0.15) is 0 Å². The molecule has 4 nitrogen and oxygen atoms in total. The molecule has 0 bridgehead atoms. The summed E-state index contributed by atoms with van der Waals surface area (Å²) in [6.45, 7) is 8.68. The maximum Gasteiger partial charge on any atom is 0.0541 e. The van der Waals surface area contributed by atoms with E-state index in [1.54, 1.807) is 0 Å². The molecular formula is C66H52N4. The Morgan fingerprint density at radius 2 is 0.529 bits per heavy atom. The molecule has 0 saturated heterocycles. The molecule has 0 aliphatic rings. The van der Waals surface area contributed by atoms with Crippen molar-refractivity contribution in [3.05, 3.63) is 264 Å². The summed E-state index contributed by atoms with van der Waals surface area (Å²) in [7, 11) is 0. The molecule has 0 N–H and O–H groups in total. The molecule has 70 heavy (non-hydrogen) atoms. The summed E-state index contributed by atoms with van der Waals surface area (Å²) >= 11 is 0. The van der Waals surface area contributed by atoms with Crippen LogP contribution in [0.15, 0.2) is 231 Å². The first-order chi connectivity index (χ1) is 34.3. The van der Waals surface area contributed by atoms with Gasteiger partial charge in [0.2, 0.25) is 0 Å². The van der Waals surface area contributed by atoms with E-state index in [1.807, 2.05) is 0 Å². The van der Waals surface area contributed by atoms with E-state index in [1.165, 1.54) is 65.9 Å². The highest BCUT2D eigenvalue weighted by Gasteiger charge is 2.18. The lowest BCUT2D eigenvalue weighted by atomic mass is 10.1. The second-order valence-electron chi connectivity index (χ2n) is 18.6. The van der Waals surface area contributed by atoms with Crippen LogP contribution in [0.2, 0.25) is 0 Å². The van der Waals surface area contributed by atoms with E-state index in [2.05, 4.69) is 289 Å². The molecule has 0 saturated carbocycles. The van der Waals surface area contributed by atoms with Gasteiger partial charge >= 0.3 is 0 Å². The summed E-state index contributed by atoms with van der Waals surface area (Å²) in [5.41, 5.74) is 21.1. The van der Waals surface area contributed by atoms with E-state index < -0.39 is 0 Å². The third kappa shape index (κ3) is 7.80. The number of nitrogens with zero attached hydrogens (tertiary/aromatic N) is 4. The lowest BCUT2D eigenvalue weighted by Crippen LogP contribution is -2.10. The number of aryl methyl sites for hydroxylation is 4. The largest absolute Gasteiger partial charge is 0.311 e. The van der Waals surface area contributed by atoms with Crippen LogP contribution in [0.4, 0.5) is 34.1 Å². The van der Waals surface area contributed by atoms with Gasteiger partial charge in [0.1, 0.15) is 0 Å². The average Bonchev–Trinajstić information content (AvgIpc) is 3.88. The van der Waals surface area contributed by atoms with Crippen molar-refractivity contribution in [3.8, 4) is 11.4 Å². The fourth-order valence-electron chi connectivity index (χ4n) is 10.3. The zero-order chi connectivity index (χ0) is 47.3. The van der Waals surface area contributed by atoms with Crippen molar-refractivity contribution in [3.63, 3.8) is 0 Å². The molecule has 0 spiro atoms. The molecular weight excluding hydrogens is 849 g/mol. The van der Waals surface area contributed by atoms with Gasteiger partial charge < -0.3 is 18.9 Å². The molecule has 336 valence electrons. The molecule has 0 unspecified atom stereocenters. The Morgan fingerprint density at radius 1 is 0.271 bits per heavy atom. The smallest absolute Gasteiger partial charge is 0.0541 e. The van der Waals surface area contributed by atoms with E-state index in [4.69, 9.17) is 0 Å². The van der Waals surface area contributed by atoms with Crippen molar-refractivity contribution in [2.24, 2.45) is 0 Å². The molecule has 0 amide bonds. The van der Waals surface area contributed by atoms with E-state index in [9.17, 15) is 0 Å². The molecule has 2 heterocycles. The zero-order valence-corrected chi connectivity index (χ0v) is 39.9. The minimum atomic E-state index is 1.09. The SMILES string of the molecule is Cc1ccc2c(c1)c1cc(C)ccc1n2-c1ccc(N(c2ccccc2)c2ccc(C=Cc3ccc(N(c4ccccc4)c4ccc(-n5c6ccc(C)cc6c6cc(C)ccc65)cc4)cc3)cc2)cc1. The molecule has 4 heteroatoms. The molecule has 0 aliphatic heterocycles. The van der Waals surface area contributed by atoms with E-state index >= 15 is 0 Å². The Labute approximate surface area is 409 Å². The normalized spacial score (nSPS) is 11.7. The van der Waals surface area contributed by atoms with Crippen molar-refractivity contribution < 1.29 is 0 Å². The summed E-state index contributed by atoms with van der Waals surface area (Å²) in [5, 5.41) is 5.14. The molecule has 12 rings (SSSR count). The monoisotopic (exact) mass is 900 g/mol. The molecule has 2 aromatic heterocycles. The Balaban J connectivity index is 0.808. The van der Waals surface area contributed by atoms with Crippen LogP contribution < -0.4 is 9.80 Å². The summed E-state index contributed by atoms with van der Waals surface area (Å²) in [4.78, 5) is 4.65. The van der Waals surface area contributed by atoms with Gasteiger partial charge in [-0.05, 0) is 184 Å². The minimum absolute atomic E-state index is 1.09. The summed E-state index contributed by atoms with van der Waals surface area (Å²) in [6, 6.07) is 83.9. The van der Waals surface area contributed by atoms with Gasteiger partial charge in [0.15, 0.2) is 0 Å². The third-order valence-corrected chi connectivity index (χ3v) is 13.7. The topological polar surface area (TPSA) is 16.3 Å². The maximum absolute atomic E-state index is 2.39. The van der Waals surface area contributed by atoms with Crippen LogP contribution in [0.25, 0.3) is 67.1 Å². The van der Waals surface area contributed by atoms with Crippen molar-refractivity contribution in [1.29, 1.82) is 0 Å². The Morgan fingerprint density at radius 3 is 0.814 bits per heavy atom. The van der Waals surface area contributed by atoms with Gasteiger partial charge in [-0.25, -0.2) is 0 Å². The van der Waals surface area contributed by atoms with Crippen LogP contribution in [0, 0.1) is 27.7 Å². The van der Waals surface area contributed by atoms with Crippen molar-refractivity contribution in [2.45, 2.75) is 27.7 Å². The number of benzene rings is 10. The lowest BCUT2D eigenvalue weighted by Gasteiger charge is -2.26. The number of rotatable bonds is 10. The van der Waals surface area contributed by atoms with Gasteiger partial charge in [-0.1, -0.05) is 119 Å². The third-order valence-electron chi connectivity index (χ3n) is 13.7.